The summed E-state index contributed by atoms with van der Waals surface area (Å²) >= 11 is 3.49. The third-order valence-corrected chi connectivity index (χ3v) is 5.80. The van der Waals surface area contributed by atoms with Gasteiger partial charge in [-0.1, -0.05) is 40.7 Å². The van der Waals surface area contributed by atoms with E-state index in [2.05, 4.69) is 51.5 Å². The summed E-state index contributed by atoms with van der Waals surface area (Å²) in [5, 5.41) is 1.05. The van der Waals surface area contributed by atoms with Gasteiger partial charge in [0.15, 0.2) is 0 Å². The molecule has 1 aliphatic heterocycles. The van der Waals surface area contributed by atoms with Crippen molar-refractivity contribution in [2.45, 2.75) is 13.0 Å². The maximum Gasteiger partial charge on any atom is 0.227 e. The Morgan fingerprint density at radius 2 is 1.93 bits per heavy atom. The molecule has 0 aliphatic carbocycles. The Labute approximate surface area is 185 Å². The number of carbonyl (C=O) groups is 1. The van der Waals surface area contributed by atoms with Gasteiger partial charge in [0.2, 0.25) is 5.91 Å². The first-order valence-electron chi connectivity index (χ1n) is 10.1. The molecule has 6 heteroatoms. The van der Waals surface area contributed by atoms with Crippen LogP contribution in [0.1, 0.15) is 11.1 Å². The van der Waals surface area contributed by atoms with E-state index in [-0.39, 0.29) is 5.91 Å². The molecule has 1 saturated heterocycles. The van der Waals surface area contributed by atoms with E-state index in [1.165, 1.54) is 5.56 Å². The second kappa shape index (κ2) is 9.49. The van der Waals surface area contributed by atoms with Crippen LogP contribution < -0.4 is 4.74 Å². The fourth-order valence-corrected chi connectivity index (χ4v) is 4.00. The highest BCUT2D eigenvalue weighted by molar-refractivity contribution is 9.10. The van der Waals surface area contributed by atoms with Gasteiger partial charge in [-0.2, -0.15) is 0 Å². The molecule has 156 valence electrons. The van der Waals surface area contributed by atoms with Gasteiger partial charge in [-0.15, -0.1) is 0 Å². The lowest BCUT2D eigenvalue weighted by atomic mass is 10.1. The molecule has 3 aromatic rings. The van der Waals surface area contributed by atoms with Crippen LogP contribution in [0.3, 0.4) is 0 Å². The summed E-state index contributed by atoms with van der Waals surface area (Å²) in [4.78, 5) is 14.8. The summed E-state index contributed by atoms with van der Waals surface area (Å²) < 4.78 is 14.4. The minimum Gasteiger partial charge on any atom is -0.490 e. The van der Waals surface area contributed by atoms with Crippen LogP contribution in [-0.2, 0) is 22.5 Å². The summed E-state index contributed by atoms with van der Waals surface area (Å²) in [6, 6.07) is 14.4. The first kappa shape index (κ1) is 20.7. The normalized spacial score (nSPS) is 14.1. The number of benzene rings is 2. The fraction of sp³-hybridized carbons (Fsp3) is 0.292. The van der Waals surface area contributed by atoms with Crippen molar-refractivity contribution in [1.29, 1.82) is 0 Å². The number of fused-ring (bicyclic) bond motifs is 1. The van der Waals surface area contributed by atoms with E-state index in [4.69, 9.17) is 9.47 Å². The number of halogens is 1. The van der Waals surface area contributed by atoms with Crippen LogP contribution in [0, 0.1) is 0 Å². The van der Waals surface area contributed by atoms with Crippen LogP contribution >= 0.6 is 15.9 Å². The van der Waals surface area contributed by atoms with Crippen molar-refractivity contribution in [2.75, 3.05) is 32.9 Å². The molecular formula is C24H25BrN2O3. The average molecular weight is 469 g/mol. The highest BCUT2D eigenvalue weighted by Gasteiger charge is 2.20. The summed E-state index contributed by atoms with van der Waals surface area (Å²) in [7, 11) is 0. The minimum absolute atomic E-state index is 0.137. The number of amides is 1. The van der Waals surface area contributed by atoms with Crippen LogP contribution in [0.5, 0.6) is 5.75 Å². The molecule has 0 spiro atoms. The monoisotopic (exact) mass is 468 g/mol. The predicted octanol–water partition coefficient (Wildman–Crippen LogP) is 4.42. The van der Waals surface area contributed by atoms with Crippen molar-refractivity contribution >= 4 is 32.7 Å². The van der Waals surface area contributed by atoms with Gasteiger partial charge in [0.05, 0.1) is 19.6 Å². The predicted molar refractivity (Wildman–Crippen MR) is 122 cm³/mol. The fourth-order valence-electron chi connectivity index (χ4n) is 3.74. The molecule has 1 aromatic heterocycles. The van der Waals surface area contributed by atoms with Crippen molar-refractivity contribution in [3.8, 4) is 5.75 Å². The van der Waals surface area contributed by atoms with Gasteiger partial charge < -0.3 is 18.9 Å². The Morgan fingerprint density at radius 1 is 1.17 bits per heavy atom. The first-order valence-corrected chi connectivity index (χ1v) is 10.9. The maximum absolute atomic E-state index is 12.9. The van der Waals surface area contributed by atoms with Crippen molar-refractivity contribution in [3.05, 3.63) is 76.9 Å². The Balaban J connectivity index is 1.66. The van der Waals surface area contributed by atoms with E-state index in [0.717, 1.165) is 33.2 Å². The average Bonchev–Trinajstić information content (AvgIpc) is 3.10. The van der Waals surface area contributed by atoms with Crippen LogP contribution in [0.2, 0.25) is 0 Å². The van der Waals surface area contributed by atoms with E-state index in [0.29, 0.717) is 39.3 Å². The number of hydrogen-bond acceptors (Lipinski definition) is 3. The van der Waals surface area contributed by atoms with E-state index >= 15 is 0 Å². The third-order valence-electron chi connectivity index (χ3n) is 5.27. The number of ether oxygens (including phenoxy) is 2. The molecule has 1 fully saturated rings. The van der Waals surface area contributed by atoms with Crippen LogP contribution in [0.25, 0.3) is 10.9 Å². The van der Waals surface area contributed by atoms with E-state index in [9.17, 15) is 4.79 Å². The molecule has 2 heterocycles. The molecule has 0 radical (unpaired) electrons. The van der Waals surface area contributed by atoms with Crippen molar-refractivity contribution < 1.29 is 14.3 Å². The van der Waals surface area contributed by atoms with Gasteiger partial charge >= 0.3 is 0 Å². The smallest absolute Gasteiger partial charge is 0.227 e. The third kappa shape index (κ3) is 4.77. The molecule has 5 nitrogen and oxygen atoms in total. The molecule has 0 atom stereocenters. The number of hydrogen-bond donors (Lipinski definition) is 0. The van der Waals surface area contributed by atoms with Crippen LogP contribution in [0.15, 0.2) is 65.8 Å². The number of rotatable bonds is 7. The van der Waals surface area contributed by atoms with Crippen molar-refractivity contribution in [1.82, 2.24) is 9.47 Å². The second-order valence-corrected chi connectivity index (χ2v) is 8.27. The molecule has 4 rings (SSSR count). The Bertz CT molecular complexity index is 1040. The Kier molecular flexibility index (Phi) is 6.55. The minimum atomic E-state index is 0.137. The molecule has 0 unspecified atom stereocenters. The highest BCUT2D eigenvalue weighted by Crippen LogP contribution is 2.28. The van der Waals surface area contributed by atoms with Gasteiger partial charge in [0.25, 0.3) is 0 Å². The Morgan fingerprint density at radius 3 is 2.67 bits per heavy atom. The highest BCUT2D eigenvalue weighted by atomic mass is 79.9. The zero-order chi connectivity index (χ0) is 20.9. The maximum atomic E-state index is 12.9. The Hall–Kier alpha value is -2.57. The molecule has 0 bridgehead atoms. The molecular weight excluding hydrogens is 444 g/mol. The van der Waals surface area contributed by atoms with Gasteiger partial charge in [0, 0.05) is 41.2 Å². The zero-order valence-corrected chi connectivity index (χ0v) is 18.4. The largest absolute Gasteiger partial charge is 0.490 e. The standard InChI is InChI=1S/C24H25BrN2O3/c1-2-11-30-21-7-8-23-22(15-21)19(14-24(28)26-9-12-29-13-10-26)17-27(23)16-18-3-5-20(25)6-4-18/h2-8,15,17H,1,9-14,16H2. The summed E-state index contributed by atoms with van der Waals surface area (Å²) in [5.41, 5.74) is 3.31. The molecule has 30 heavy (non-hydrogen) atoms. The lowest BCUT2D eigenvalue weighted by Gasteiger charge is -2.26. The van der Waals surface area contributed by atoms with Gasteiger partial charge in [-0.25, -0.2) is 0 Å². The summed E-state index contributed by atoms with van der Waals surface area (Å²) in [5.74, 6) is 0.919. The summed E-state index contributed by atoms with van der Waals surface area (Å²) in [6.07, 6.45) is 4.20. The molecule has 0 saturated carbocycles. The molecule has 1 amide bonds. The lowest BCUT2D eigenvalue weighted by molar-refractivity contribution is -0.134. The van der Waals surface area contributed by atoms with Crippen LogP contribution in [-0.4, -0.2) is 48.3 Å². The van der Waals surface area contributed by atoms with Gasteiger partial charge in [-0.3, -0.25) is 4.79 Å². The molecule has 0 N–H and O–H groups in total. The summed E-state index contributed by atoms with van der Waals surface area (Å²) in [6.45, 7) is 7.43. The van der Waals surface area contributed by atoms with E-state index < -0.39 is 0 Å². The van der Waals surface area contributed by atoms with E-state index in [1.54, 1.807) is 6.08 Å². The topological polar surface area (TPSA) is 43.7 Å². The number of morpholine rings is 1. The van der Waals surface area contributed by atoms with Gasteiger partial charge in [-0.05, 0) is 41.5 Å². The van der Waals surface area contributed by atoms with Gasteiger partial charge in [0.1, 0.15) is 12.4 Å². The first-order chi connectivity index (χ1) is 14.6. The van der Waals surface area contributed by atoms with Crippen molar-refractivity contribution in [2.24, 2.45) is 0 Å². The number of carbonyl (C=O) groups excluding carboxylic acids is 1. The number of aromatic nitrogens is 1. The lowest BCUT2D eigenvalue weighted by Crippen LogP contribution is -2.41. The van der Waals surface area contributed by atoms with E-state index in [1.807, 2.05) is 29.2 Å². The second-order valence-electron chi connectivity index (χ2n) is 7.36. The van der Waals surface area contributed by atoms with Crippen LogP contribution in [0.4, 0.5) is 0 Å². The SMILES string of the molecule is C=CCOc1ccc2c(c1)c(CC(=O)N1CCOCC1)cn2Cc1ccc(Br)cc1. The zero-order valence-electron chi connectivity index (χ0n) is 16.9. The quantitative estimate of drug-likeness (QED) is 0.482. The molecule has 2 aromatic carbocycles. The molecule has 1 aliphatic rings. The number of nitrogens with zero attached hydrogens (tertiary/aromatic N) is 2. The van der Waals surface area contributed by atoms with Crippen molar-refractivity contribution in [3.63, 3.8) is 0 Å².